The molecule has 3 aliphatic heterocycles. The Morgan fingerprint density at radius 3 is 0.993 bits per heavy atom. The summed E-state index contributed by atoms with van der Waals surface area (Å²) in [5.74, 6) is 12.6. The van der Waals surface area contributed by atoms with Crippen LogP contribution in [-0.2, 0) is 80.8 Å². The molecule has 2 N–H and O–H groups in total. The molecule has 0 radical (unpaired) electrons. The van der Waals surface area contributed by atoms with Gasteiger partial charge in [0.15, 0.2) is 0 Å². The lowest BCUT2D eigenvalue weighted by molar-refractivity contribution is -0.149. The molecule has 11 fully saturated rings. The number of hydrogen-bond donors (Lipinski definition) is 1. The maximum atomic E-state index is 13.5. The molecule has 8 aliphatic carbocycles. The number of carbonyl (C=O) groups is 4. The van der Waals surface area contributed by atoms with Gasteiger partial charge in [-0.2, -0.15) is 13.2 Å². The lowest BCUT2D eigenvalue weighted by atomic mass is 9.80. The third kappa shape index (κ3) is 29.2. The Balaban J connectivity index is 0.000000140. The Bertz CT molecular complexity index is 5310. The third-order valence-electron chi connectivity index (χ3n) is 37.1. The summed E-state index contributed by atoms with van der Waals surface area (Å²) in [5.41, 5.74) is 19.9. The van der Waals surface area contributed by atoms with Crippen molar-refractivity contribution in [2.24, 2.45) is 41.2 Å². The summed E-state index contributed by atoms with van der Waals surface area (Å²) < 4.78 is 59.4. The molecular formula is C122H186F3N15O6. The van der Waals surface area contributed by atoms with Gasteiger partial charge in [0.25, 0.3) is 0 Å². The lowest BCUT2D eigenvalue weighted by Crippen LogP contribution is -2.48. The standard InChI is InChI=1S/C33H50F3N5O.2C31H47N3O2.C27H42N4O/c1-3-25-10-13-27(14-11-25)32-37-29-15-12-26(23-38-18-20-39(21-19-38)24-33(34,35)36)22-30(29)41(32)17-16-31(42)40(4-2)28-8-6-5-7-9-28;1-3-23-13-15-25(16-14-23)31-32-30-26(21-24-18-20-36-22-24)9-8-12-28(30)34(31)19-17-29(35)33(4-2)27-10-6-5-7-11-27;1-3-23-10-13-26(14-11-23)31-32-28-15-12-24(20-25-17-19-36-22-25)21-29(28)34(31)18-16-30(35)33(4-2)27-8-6-5-7-9-27;1-3-20-10-13-22(14-11-20)27-29-24-15-12-21(19-28)18-25(24)31(27)17-16-26(32)30(4-2)23-8-6-5-7-9-23/h12,15,22,25,27-28H,3-11,13-14,16-21,23-24H2,1-2H3;8-9,12,23-25,27H,3-7,10-11,13-22H2,1-2H3;12,15,21,23,25-27H,3-11,13-14,16-20,22H2,1-2H3;12,15,18,20,22-23H,3-11,13-14,16-17,19,28H2,1-2H3/t;23?,24-,25?;23?,25-,26?;/m.11./s1. The van der Waals surface area contributed by atoms with Crippen molar-refractivity contribution >= 4 is 67.8 Å². The fraction of sp³-hybridized carbons (Fsp3) is 0.738. The zero-order valence-corrected chi connectivity index (χ0v) is 91.3. The van der Waals surface area contributed by atoms with Crippen molar-refractivity contribution in [2.45, 2.75) is 457 Å². The molecular weight excluding hydrogens is 1830 g/mol. The summed E-state index contributed by atoms with van der Waals surface area (Å²) in [6.07, 6.45) is 52.0. The number of ether oxygens (including phenoxy) is 2. The zero-order valence-electron chi connectivity index (χ0n) is 91.3. The number of amides is 4. The number of benzene rings is 4. The molecule has 2 atom stereocenters. The summed E-state index contributed by atoms with van der Waals surface area (Å²) in [6, 6.07) is 28.1. The van der Waals surface area contributed by atoms with E-state index in [1.54, 1.807) is 0 Å². The highest BCUT2D eigenvalue weighted by Crippen LogP contribution is 2.45. The van der Waals surface area contributed by atoms with Crippen molar-refractivity contribution in [2.75, 3.05) is 85.3 Å². The zero-order chi connectivity index (χ0) is 102. The molecule has 24 heteroatoms. The maximum absolute atomic E-state index is 13.5. The highest BCUT2D eigenvalue weighted by atomic mass is 19.4. The Labute approximate surface area is 873 Å². The van der Waals surface area contributed by atoms with Crippen molar-refractivity contribution < 1.29 is 41.8 Å². The number of aryl methyl sites for hydroxylation is 4. The quantitative estimate of drug-likeness (QED) is 0.0389. The highest BCUT2D eigenvalue weighted by Gasteiger charge is 2.38. The summed E-state index contributed by atoms with van der Waals surface area (Å²) in [4.78, 5) is 86.9. The van der Waals surface area contributed by atoms with E-state index in [0.29, 0.717) is 149 Å². The van der Waals surface area contributed by atoms with Crippen LogP contribution in [0, 0.1) is 35.5 Å². The first-order valence-electron chi connectivity index (χ1n) is 59.7. The summed E-state index contributed by atoms with van der Waals surface area (Å²) >= 11 is 0. The first-order chi connectivity index (χ1) is 71.2. The average Bonchev–Trinajstić information content (AvgIpc) is 1.62. The number of aromatic nitrogens is 8. The van der Waals surface area contributed by atoms with Gasteiger partial charge in [-0.1, -0.05) is 161 Å². The number of carbonyl (C=O) groups excluding carboxylic acids is 4. The number of piperazine rings is 1. The Kier molecular flexibility index (Phi) is 41.7. The van der Waals surface area contributed by atoms with Gasteiger partial charge in [-0.3, -0.25) is 29.0 Å². The molecule has 0 spiro atoms. The summed E-state index contributed by atoms with van der Waals surface area (Å²) in [5, 5.41) is 0. The normalized spacial score (nSPS) is 24.2. The number of nitrogens with two attached hydrogens (primary N) is 1. The third-order valence-corrected chi connectivity index (χ3v) is 37.1. The van der Waals surface area contributed by atoms with Gasteiger partial charge in [0.05, 0.1) is 50.7 Å². The average molecular weight is 2020 g/mol. The van der Waals surface area contributed by atoms with Crippen molar-refractivity contribution in [3.8, 4) is 0 Å². The SMILES string of the molecule is CCC1CCC(c2nc3c(C[C@H]4CCOC4)cccc3n2CCC(=O)N(CC)C2CCCCC2)CC1.CCC1CCC(c2nc3ccc(CN)cc3n2CCC(=O)N(CC)C2CCCCC2)CC1.CCC1CCC(c2nc3ccc(CN4CCN(CC(F)(F)F)CC4)cc3n2CCC(=O)N(CC)C2CCCCC2)CC1.CCC1CCC(c2nc3ccc(C[C@H]4CCOC4)cc3n2CCC(=O)N(CC)C2CCCCC2)CC1. The Morgan fingerprint density at radius 2 is 0.664 bits per heavy atom. The van der Waals surface area contributed by atoms with Gasteiger partial charge in [0, 0.05) is 192 Å². The maximum Gasteiger partial charge on any atom is 0.401 e. The summed E-state index contributed by atoms with van der Waals surface area (Å²) in [6.45, 7) is 29.9. The van der Waals surface area contributed by atoms with Crippen LogP contribution < -0.4 is 5.73 Å². The van der Waals surface area contributed by atoms with Crippen LogP contribution in [0.4, 0.5) is 13.2 Å². The first kappa shape index (κ1) is 111. The molecule has 806 valence electrons. The van der Waals surface area contributed by atoms with E-state index in [9.17, 15) is 32.3 Å². The molecule has 21 nitrogen and oxygen atoms in total. The van der Waals surface area contributed by atoms with Crippen LogP contribution in [0.5, 0.6) is 0 Å². The van der Waals surface area contributed by atoms with E-state index in [2.05, 4.69) is 171 Å². The highest BCUT2D eigenvalue weighted by molar-refractivity contribution is 5.83. The number of fused-ring (bicyclic) bond motifs is 4. The van der Waals surface area contributed by atoms with E-state index in [1.165, 1.54) is 281 Å². The molecule has 146 heavy (non-hydrogen) atoms. The second-order valence-electron chi connectivity index (χ2n) is 46.4. The molecule has 0 unspecified atom stereocenters. The monoisotopic (exact) mass is 2010 g/mol. The van der Waals surface area contributed by atoms with Crippen LogP contribution in [0.25, 0.3) is 44.1 Å². The van der Waals surface area contributed by atoms with Gasteiger partial charge < -0.3 is 53.1 Å². The molecule has 8 saturated carbocycles. The fourth-order valence-corrected chi connectivity index (χ4v) is 28.1. The van der Waals surface area contributed by atoms with Crippen molar-refractivity contribution in [1.82, 2.24) is 67.6 Å². The van der Waals surface area contributed by atoms with Gasteiger partial charge in [-0.15, -0.1) is 0 Å². The number of imidazole rings is 4. The second-order valence-corrected chi connectivity index (χ2v) is 46.4. The van der Waals surface area contributed by atoms with E-state index in [-0.39, 0.29) is 5.91 Å². The van der Waals surface area contributed by atoms with Gasteiger partial charge in [0.2, 0.25) is 23.6 Å². The van der Waals surface area contributed by atoms with Crippen molar-refractivity contribution in [3.63, 3.8) is 0 Å². The predicted octanol–water partition coefficient (Wildman–Crippen LogP) is 26.5. The smallest absolute Gasteiger partial charge is 0.381 e. The van der Waals surface area contributed by atoms with E-state index in [0.717, 1.165) is 192 Å². The van der Waals surface area contributed by atoms with Gasteiger partial charge in [-0.25, -0.2) is 19.9 Å². The topological polar surface area (TPSA) is 203 Å². The number of hydrogen-bond acceptors (Lipinski definition) is 13. The predicted molar refractivity (Wildman–Crippen MR) is 585 cm³/mol. The van der Waals surface area contributed by atoms with E-state index in [4.69, 9.17) is 35.1 Å². The molecule has 11 aliphatic rings. The molecule has 3 saturated heterocycles. The number of para-hydroxylation sites is 1. The number of halogens is 3. The van der Waals surface area contributed by atoms with Crippen molar-refractivity contribution in [1.29, 1.82) is 0 Å². The van der Waals surface area contributed by atoms with Crippen molar-refractivity contribution in [3.05, 3.63) is 118 Å². The first-order valence-corrected chi connectivity index (χ1v) is 59.7. The van der Waals surface area contributed by atoms with Crippen LogP contribution in [0.15, 0.2) is 72.8 Å². The number of alkyl halides is 3. The van der Waals surface area contributed by atoms with Gasteiger partial charge in [0.1, 0.15) is 23.3 Å². The number of rotatable bonds is 36. The minimum Gasteiger partial charge on any atom is -0.381 e. The van der Waals surface area contributed by atoms with Crippen LogP contribution >= 0.6 is 0 Å². The Hall–Kier alpha value is -7.77. The molecule has 7 heterocycles. The minimum atomic E-state index is -4.15. The summed E-state index contributed by atoms with van der Waals surface area (Å²) in [7, 11) is 0. The van der Waals surface area contributed by atoms with Gasteiger partial charge >= 0.3 is 6.18 Å². The largest absolute Gasteiger partial charge is 0.401 e. The van der Waals surface area contributed by atoms with E-state index < -0.39 is 12.7 Å². The molecule has 4 aromatic heterocycles. The van der Waals surface area contributed by atoms with Gasteiger partial charge in [-0.05, 0) is 308 Å². The fourth-order valence-electron chi connectivity index (χ4n) is 28.1. The van der Waals surface area contributed by atoms with E-state index in [1.807, 2.05) is 0 Å². The van der Waals surface area contributed by atoms with Crippen LogP contribution in [0.3, 0.4) is 0 Å². The molecule has 0 bridgehead atoms. The Morgan fingerprint density at radius 1 is 0.349 bits per heavy atom. The lowest BCUT2D eigenvalue weighted by Gasteiger charge is -2.35. The van der Waals surface area contributed by atoms with Crippen LogP contribution in [0.1, 0.15) is 420 Å². The molecule has 19 rings (SSSR count). The minimum absolute atomic E-state index is 0.250. The van der Waals surface area contributed by atoms with Crippen LogP contribution in [0.2, 0.25) is 0 Å². The number of nitrogens with zero attached hydrogens (tertiary/aromatic N) is 14. The molecule has 8 aromatic rings. The second kappa shape index (κ2) is 55.0. The van der Waals surface area contributed by atoms with E-state index >= 15 is 0 Å². The van der Waals surface area contributed by atoms with Crippen LogP contribution in [-0.4, -0.2) is 207 Å². The molecule has 4 aromatic carbocycles. The molecule has 4 amide bonds.